The minimum absolute atomic E-state index is 0.526. The zero-order valence-corrected chi connectivity index (χ0v) is 11.9. The summed E-state index contributed by atoms with van der Waals surface area (Å²) in [5.74, 6) is 2.18. The smallest absolute Gasteiger partial charge is 0.228 e. The first-order valence-corrected chi connectivity index (χ1v) is 7.44. The van der Waals surface area contributed by atoms with Crippen LogP contribution in [0.4, 0.5) is 5.69 Å². The van der Waals surface area contributed by atoms with Gasteiger partial charge in [-0.3, -0.25) is 0 Å². The van der Waals surface area contributed by atoms with Gasteiger partial charge in [0.25, 0.3) is 0 Å². The second-order valence-corrected chi connectivity index (χ2v) is 5.57. The van der Waals surface area contributed by atoms with Crippen LogP contribution in [0.25, 0.3) is 0 Å². The molecule has 1 saturated carbocycles. The van der Waals surface area contributed by atoms with Crippen molar-refractivity contribution in [2.45, 2.75) is 44.9 Å². The molecular weight excluding hydrogens is 250 g/mol. The van der Waals surface area contributed by atoms with Gasteiger partial charge in [-0.25, -0.2) is 0 Å². The van der Waals surface area contributed by atoms with Gasteiger partial charge in [0.15, 0.2) is 5.82 Å². The van der Waals surface area contributed by atoms with E-state index in [1.54, 1.807) is 0 Å². The van der Waals surface area contributed by atoms with Crippen molar-refractivity contribution < 1.29 is 4.52 Å². The molecule has 0 unspecified atom stereocenters. The van der Waals surface area contributed by atoms with Crippen molar-refractivity contribution in [1.29, 1.82) is 0 Å². The predicted octanol–water partition coefficient (Wildman–Crippen LogP) is 3.69. The fraction of sp³-hybridized carbons (Fsp3) is 0.500. The summed E-state index contributed by atoms with van der Waals surface area (Å²) in [5.41, 5.74) is 2.40. The van der Waals surface area contributed by atoms with Crippen LogP contribution < -0.4 is 5.32 Å². The Bertz CT molecular complexity index is 541. The second kappa shape index (κ2) is 6.07. The molecule has 106 valence electrons. The van der Waals surface area contributed by atoms with Gasteiger partial charge < -0.3 is 9.84 Å². The summed E-state index contributed by atoms with van der Waals surface area (Å²) in [6.07, 6.45) is 5.78. The van der Waals surface area contributed by atoms with Crippen molar-refractivity contribution in [1.82, 2.24) is 10.1 Å². The Labute approximate surface area is 119 Å². The summed E-state index contributed by atoms with van der Waals surface area (Å²) in [5, 5.41) is 7.49. The molecule has 0 atom stereocenters. The highest BCUT2D eigenvalue weighted by molar-refractivity contribution is 5.44. The number of hydrogen-bond donors (Lipinski definition) is 1. The van der Waals surface area contributed by atoms with Gasteiger partial charge in [0.05, 0.1) is 0 Å². The molecule has 0 saturated heterocycles. The molecule has 1 aliphatic rings. The van der Waals surface area contributed by atoms with Crippen molar-refractivity contribution >= 4 is 5.69 Å². The molecule has 1 heterocycles. The summed E-state index contributed by atoms with van der Waals surface area (Å²) < 4.78 is 5.33. The number of benzene rings is 1. The molecule has 1 fully saturated rings. The Morgan fingerprint density at radius 2 is 1.95 bits per heavy atom. The third-order valence-corrected chi connectivity index (χ3v) is 3.92. The van der Waals surface area contributed by atoms with Crippen molar-refractivity contribution in [2.24, 2.45) is 0 Å². The molecule has 2 aromatic rings. The maximum Gasteiger partial charge on any atom is 0.228 e. The summed E-state index contributed by atoms with van der Waals surface area (Å²) in [7, 11) is 0. The van der Waals surface area contributed by atoms with E-state index < -0.39 is 0 Å². The molecule has 4 nitrogen and oxygen atoms in total. The fourth-order valence-electron chi connectivity index (χ4n) is 2.70. The van der Waals surface area contributed by atoms with Crippen LogP contribution in [0.15, 0.2) is 28.8 Å². The van der Waals surface area contributed by atoms with Crippen molar-refractivity contribution in [3.63, 3.8) is 0 Å². The largest absolute Gasteiger partial charge is 0.385 e. The molecule has 0 spiro atoms. The van der Waals surface area contributed by atoms with E-state index in [1.807, 2.05) is 0 Å². The molecule has 4 heteroatoms. The minimum Gasteiger partial charge on any atom is -0.385 e. The van der Waals surface area contributed by atoms with Gasteiger partial charge in [0.2, 0.25) is 5.89 Å². The molecule has 1 aliphatic carbocycles. The number of aryl methyl sites for hydroxylation is 1. The lowest BCUT2D eigenvalue weighted by Gasteiger charge is -2.04. The van der Waals surface area contributed by atoms with E-state index in [9.17, 15) is 0 Å². The second-order valence-electron chi connectivity index (χ2n) is 5.57. The Kier molecular flexibility index (Phi) is 4.00. The number of hydrogen-bond acceptors (Lipinski definition) is 4. The number of nitrogens with zero attached hydrogens (tertiary/aromatic N) is 2. The molecule has 3 rings (SSSR count). The Morgan fingerprint density at radius 1 is 1.20 bits per heavy atom. The van der Waals surface area contributed by atoms with Crippen LogP contribution in [0.1, 0.15) is 48.9 Å². The van der Waals surface area contributed by atoms with Crippen LogP contribution in [0.5, 0.6) is 0 Å². The van der Waals surface area contributed by atoms with Crippen molar-refractivity contribution in [2.75, 3.05) is 11.9 Å². The third-order valence-electron chi connectivity index (χ3n) is 3.92. The number of rotatable bonds is 5. The summed E-state index contributed by atoms with van der Waals surface area (Å²) in [6, 6.07) is 8.39. The molecule has 0 aliphatic heterocycles. The van der Waals surface area contributed by atoms with Gasteiger partial charge in [-0.1, -0.05) is 35.7 Å². The van der Waals surface area contributed by atoms with Crippen LogP contribution in [0.3, 0.4) is 0 Å². The van der Waals surface area contributed by atoms with E-state index in [0.29, 0.717) is 5.92 Å². The molecular formula is C16H21N3O. The van der Waals surface area contributed by atoms with Gasteiger partial charge >= 0.3 is 0 Å². The lowest BCUT2D eigenvalue weighted by molar-refractivity contribution is 0.371. The van der Waals surface area contributed by atoms with E-state index in [0.717, 1.165) is 30.4 Å². The van der Waals surface area contributed by atoms with E-state index in [1.165, 1.54) is 31.2 Å². The highest BCUT2D eigenvalue weighted by atomic mass is 16.5. The molecule has 0 bridgehead atoms. The lowest BCUT2D eigenvalue weighted by Crippen LogP contribution is -2.05. The zero-order valence-electron chi connectivity index (χ0n) is 11.9. The molecule has 20 heavy (non-hydrogen) atoms. The van der Waals surface area contributed by atoms with E-state index >= 15 is 0 Å². The molecule has 0 radical (unpaired) electrons. The van der Waals surface area contributed by atoms with Gasteiger partial charge in [-0.15, -0.1) is 0 Å². The lowest BCUT2D eigenvalue weighted by atomic mass is 10.1. The normalized spacial score (nSPS) is 15.7. The van der Waals surface area contributed by atoms with Crippen molar-refractivity contribution in [3.8, 4) is 0 Å². The fourth-order valence-corrected chi connectivity index (χ4v) is 2.70. The summed E-state index contributed by atoms with van der Waals surface area (Å²) in [6.45, 7) is 2.90. The quantitative estimate of drug-likeness (QED) is 0.901. The number of anilines is 1. The van der Waals surface area contributed by atoms with Gasteiger partial charge in [0.1, 0.15) is 0 Å². The SMILES string of the molecule is Cc1ccc(NCCc2nc(C3CCCC3)no2)cc1. The van der Waals surface area contributed by atoms with Crippen LogP contribution in [0.2, 0.25) is 0 Å². The minimum atomic E-state index is 0.526. The summed E-state index contributed by atoms with van der Waals surface area (Å²) in [4.78, 5) is 4.52. The standard InChI is InChI=1S/C16H21N3O/c1-12-6-8-14(9-7-12)17-11-10-15-18-16(19-20-15)13-4-2-3-5-13/h6-9,13,17H,2-5,10-11H2,1H3. The zero-order chi connectivity index (χ0) is 13.8. The first-order chi connectivity index (χ1) is 9.81. The Morgan fingerprint density at radius 3 is 2.70 bits per heavy atom. The van der Waals surface area contributed by atoms with Gasteiger partial charge in [-0.05, 0) is 31.9 Å². The Balaban J connectivity index is 1.49. The topological polar surface area (TPSA) is 51.0 Å². The van der Waals surface area contributed by atoms with Gasteiger partial charge in [-0.2, -0.15) is 4.98 Å². The Hall–Kier alpha value is -1.84. The van der Waals surface area contributed by atoms with Crippen LogP contribution >= 0.6 is 0 Å². The average molecular weight is 271 g/mol. The van der Waals surface area contributed by atoms with E-state index in [4.69, 9.17) is 4.52 Å². The van der Waals surface area contributed by atoms with E-state index in [-0.39, 0.29) is 0 Å². The van der Waals surface area contributed by atoms with Gasteiger partial charge in [0, 0.05) is 24.6 Å². The van der Waals surface area contributed by atoms with Crippen LogP contribution in [-0.4, -0.2) is 16.7 Å². The first-order valence-electron chi connectivity index (χ1n) is 7.44. The molecule has 1 aromatic heterocycles. The van der Waals surface area contributed by atoms with Crippen LogP contribution in [-0.2, 0) is 6.42 Å². The molecule has 1 aromatic carbocycles. The molecule has 1 N–H and O–H groups in total. The highest BCUT2D eigenvalue weighted by Gasteiger charge is 2.22. The third kappa shape index (κ3) is 3.18. The number of aromatic nitrogens is 2. The average Bonchev–Trinajstić information content (AvgIpc) is 3.11. The highest BCUT2D eigenvalue weighted by Crippen LogP contribution is 2.32. The summed E-state index contributed by atoms with van der Waals surface area (Å²) >= 11 is 0. The maximum atomic E-state index is 5.33. The first kappa shape index (κ1) is 13.2. The van der Waals surface area contributed by atoms with Crippen molar-refractivity contribution in [3.05, 3.63) is 41.5 Å². The van der Waals surface area contributed by atoms with Crippen LogP contribution in [0, 0.1) is 6.92 Å². The predicted molar refractivity (Wildman–Crippen MR) is 78.9 cm³/mol. The van der Waals surface area contributed by atoms with E-state index in [2.05, 4.69) is 46.6 Å². The maximum absolute atomic E-state index is 5.33. The molecule has 0 amide bonds. The monoisotopic (exact) mass is 271 g/mol. The number of nitrogens with one attached hydrogen (secondary N) is 1.